The van der Waals surface area contributed by atoms with Gasteiger partial charge in [-0.05, 0) is 62.6 Å². The van der Waals surface area contributed by atoms with Crippen molar-refractivity contribution in [2.45, 2.75) is 13.0 Å². The van der Waals surface area contributed by atoms with E-state index in [0.717, 1.165) is 20.8 Å². The van der Waals surface area contributed by atoms with Crippen molar-refractivity contribution in [3.8, 4) is 5.75 Å². The van der Waals surface area contributed by atoms with Crippen molar-refractivity contribution in [1.82, 2.24) is 0 Å². The zero-order chi connectivity index (χ0) is 22.7. The molecule has 0 unspecified atom stereocenters. The van der Waals surface area contributed by atoms with Gasteiger partial charge in [-0.2, -0.15) is 0 Å². The zero-order valence-electron chi connectivity index (χ0n) is 16.2. The van der Waals surface area contributed by atoms with E-state index in [9.17, 15) is 14.4 Å². The Kier molecular flexibility index (Phi) is 7.20. The van der Waals surface area contributed by atoms with Crippen LogP contribution in [0, 0.1) is 0 Å². The number of ether oxygens (including phenoxy) is 1. The van der Waals surface area contributed by atoms with Crippen LogP contribution < -0.4 is 9.64 Å². The highest BCUT2D eigenvalue weighted by atomic mass is 79.9. The van der Waals surface area contributed by atoms with E-state index in [-0.39, 0.29) is 11.6 Å². The number of aliphatic carboxylic acids is 1. The molecule has 0 spiro atoms. The number of benzene rings is 3. The third kappa shape index (κ3) is 5.18. The second kappa shape index (κ2) is 9.68. The van der Waals surface area contributed by atoms with Crippen LogP contribution in [0.25, 0.3) is 10.8 Å². The highest BCUT2D eigenvalue weighted by Crippen LogP contribution is 2.34. The molecule has 6 nitrogen and oxygen atoms in total. The molecule has 0 radical (unpaired) electrons. The number of nitrogens with zero attached hydrogens (tertiary/aromatic N) is 1. The van der Waals surface area contributed by atoms with Crippen LogP contribution in [0.5, 0.6) is 5.75 Å². The largest absolute Gasteiger partial charge is 0.496 e. The molecule has 9 heteroatoms. The van der Waals surface area contributed by atoms with Gasteiger partial charge in [-0.3, -0.25) is 9.59 Å². The van der Waals surface area contributed by atoms with E-state index in [0.29, 0.717) is 16.5 Å². The van der Waals surface area contributed by atoms with Crippen molar-refractivity contribution in [3.63, 3.8) is 0 Å². The molecule has 1 N–H and O–H groups in total. The maximum absolute atomic E-state index is 12.8. The third-order valence-electron chi connectivity index (χ3n) is 4.61. The Hall–Kier alpha value is -2.61. The molecule has 1 amide bonds. The van der Waals surface area contributed by atoms with E-state index < -0.39 is 24.1 Å². The summed E-state index contributed by atoms with van der Waals surface area (Å²) in [4.78, 5) is 36.6. The number of amides is 1. The number of hydrogen-bond donors (Lipinski definition) is 1. The number of anilines is 1. The molecule has 0 atom stereocenters. The number of Topliss-reactive ketones (excluding diaryl/α,β-unsaturated/α-hetero) is 1. The quantitative estimate of drug-likeness (QED) is 0.326. The fourth-order valence-electron chi connectivity index (χ4n) is 3.04. The second-order valence-corrected chi connectivity index (χ2v) is 8.23. The van der Waals surface area contributed by atoms with Crippen LogP contribution in [0.3, 0.4) is 0 Å². The minimum absolute atomic E-state index is 0.100. The number of rotatable bonds is 7. The van der Waals surface area contributed by atoms with E-state index in [2.05, 4.69) is 15.9 Å². The number of carboxylic acid groups (broad SMARTS) is 1. The standard InChI is InChI=1S/C22H16BrCl2NO5/c1-31-19-7-3-13-8-12(2-5-15(13)21(19)23)11-26(20(28)10-18(27)22(29)30)14-4-6-16(24)17(25)9-14/h2-9H,10-11H2,1H3,(H,29,30). The molecule has 0 bridgehead atoms. The maximum Gasteiger partial charge on any atom is 0.372 e. The molecule has 0 saturated carbocycles. The first-order chi connectivity index (χ1) is 14.7. The average Bonchev–Trinajstić information content (AvgIpc) is 2.74. The Morgan fingerprint density at radius 1 is 1.03 bits per heavy atom. The maximum atomic E-state index is 12.8. The Bertz CT molecular complexity index is 1200. The van der Waals surface area contributed by atoms with E-state index in [4.69, 9.17) is 33.0 Å². The van der Waals surface area contributed by atoms with Crippen LogP contribution in [0.15, 0.2) is 53.0 Å². The first kappa shape index (κ1) is 23.1. The van der Waals surface area contributed by atoms with Gasteiger partial charge in [0.1, 0.15) is 5.75 Å². The molecule has 3 aromatic carbocycles. The Balaban J connectivity index is 1.99. The summed E-state index contributed by atoms with van der Waals surface area (Å²) in [6.45, 7) is 0.100. The molecule has 0 fully saturated rings. The summed E-state index contributed by atoms with van der Waals surface area (Å²) in [5.41, 5.74) is 1.17. The zero-order valence-corrected chi connectivity index (χ0v) is 19.3. The average molecular weight is 525 g/mol. The first-order valence-corrected chi connectivity index (χ1v) is 10.5. The van der Waals surface area contributed by atoms with E-state index >= 15 is 0 Å². The van der Waals surface area contributed by atoms with Crippen LogP contribution in [0.2, 0.25) is 10.0 Å². The van der Waals surface area contributed by atoms with Gasteiger partial charge < -0.3 is 14.7 Å². The number of hydrogen-bond acceptors (Lipinski definition) is 4. The number of carboxylic acids is 1. The van der Waals surface area contributed by atoms with E-state index in [1.165, 1.54) is 17.0 Å². The molecule has 160 valence electrons. The summed E-state index contributed by atoms with van der Waals surface area (Å²) in [5, 5.41) is 11.2. The summed E-state index contributed by atoms with van der Waals surface area (Å²) in [6, 6.07) is 13.9. The van der Waals surface area contributed by atoms with Crippen molar-refractivity contribution in [1.29, 1.82) is 0 Å². The Labute approximate surface area is 196 Å². The lowest BCUT2D eigenvalue weighted by molar-refractivity contribution is -0.150. The van der Waals surface area contributed by atoms with Gasteiger partial charge in [-0.25, -0.2) is 4.79 Å². The molecule has 0 aliphatic rings. The molecular formula is C22H16BrCl2NO5. The highest BCUT2D eigenvalue weighted by Gasteiger charge is 2.23. The summed E-state index contributed by atoms with van der Waals surface area (Å²) < 4.78 is 6.12. The van der Waals surface area contributed by atoms with Crippen LogP contribution in [-0.2, 0) is 20.9 Å². The lowest BCUT2D eigenvalue weighted by Crippen LogP contribution is -2.33. The number of halogens is 3. The smallest absolute Gasteiger partial charge is 0.372 e. The molecule has 0 aliphatic heterocycles. The number of methoxy groups -OCH3 is 1. The van der Waals surface area contributed by atoms with Crippen molar-refractivity contribution in [3.05, 3.63) is 68.6 Å². The summed E-state index contributed by atoms with van der Waals surface area (Å²) in [7, 11) is 1.58. The van der Waals surface area contributed by atoms with Crippen LogP contribution in [0.4, 0.5) is 5.69 Å². The minimum Gasteiger partial charge on any atom is -0.496 e. The lowest BCUT2D eigenvalue weighted by atomic mass is 10.1. The molecule has 0 saturated heterocycles. The van der Waals surface area contributed by atoms with Crippen molar-refractivity contribution in [2.75, 3.05) is 12.0 Å². The highest BCUT2D eigenvalue weighted by molar-refractivity contribution is 9.10. The SMILES string of the molecule is COc1ccc2cc(CN(C(=O)CC(=O)C(=O)O)c3ccc(Cl)c(Cl)c3)ccc2c1Br. The van der Waals surface area contributed by atoms with Crippen molar-refractivity contribution >= 4 is 73.3 Å². The Morgan fingerprint density at radius 3 is 2.42 bits per heavy atom. The van der Waals surface area contributed by atoms with Crippen LogP contribution in [0.1, 0.15) is 12.0 Å². The fraction of sp³-hybridized carbons (Fsp3) is 0.136. The molecule has 3 rings (SSSR count). The van der Waals surface area contributed by atoms with Crippen LogP contribution in [-0.4, -0.2) is 29.9 Å². The summed E-state index contributed by atoms with van der Waals surface area (Å²) in [6.07, 6.45) is -0.772. The van der Waals surface area contributed by atoms with Gasteiger partial charge in [0.25, 0.3) is 0 Å². The molecule has 3 aromatic rings. The summed E-state index contributed by atoms with van der Waals surface area (Å²) >= 11 is 15.6. The van der Waals surface area contributed by atoms with E-state index in [1.807, 2.05) is 30.3 Å². The second-order valence-electron chi connectivity index (χ2n) is 6.62. The van der Waals surface area contributed by atoms with Gasteiger partial charge in [0.15, 0.2) is 0 Å². The molecular weight excluding hydrogens is 509 g/mol. The minimum atomic E-state index is -1.66. The predicted molar refractivity (Wildman–Crippen MR) is 123 cm³/mol. The van der Waals surface area contributed by atoms with Gasteiger partial charge >= 0.3 is 5.97 Å². The number of fused-ring (bicyclic) bond motifs is 1. The number of carbonyl (C=O) groups is 3. The van der Waals surface area contributed by atoms with Gasteiger partial charge in [0, 0.05) is 5.69 Å². The topological polar surface area (TPSA) is 83.9 Å². The number of ketones is 1. The monoisotopic (exact) mass is 523 g/mol. The van der Waals surface area contributed by atoms with Crippen molar-refractivity contribution < 1.29 is 24.2 Å². The van der Waals surface area contributed by atoms with E-state index in [1.54, 1.807) is 13.2 Å². The van der Waals surface area contributed by atoms with Crippen LogP contribution >= 0.6 is 39.1 Å². The summed E-state index contributed by atoms with van der Waals surface area (Å²) in [5.74, 6) is -2.82. The first-order valence-electron chi connectivity index (χ1n) is 8.98. The fourth-order valence-corrected chi connectivity index (χ4v) is 3.99. The normalized spacial score (nSPS) is 10.7. The third-order valence-corrected chi connectivity index (χ3v) is 6.17. The Morgan fingerprint density at radius 2 is 1.77 bits per heavy atom. The molecule has 0 aliphatic carbocycles. The molecule has 0 aromatic heterocycles. The van der Waals surface area contributed by atoms with Gasteiger partial charge in [-0.1, -0.05) is 41.4 Å². The van der Waals surface area contributed by atoms with Crippen molar-refractivity contribution in [2.24, 2.45) is 0 Å². The van der Waals surface area contributed by atoms with Gasteiger partial charge in [-0.15, -0.1) is 0 Å². The molecule has 31 heavy (non-hydrogen) atoms. The molecule has 0 heterocycles. The predicted octanol–water partition coefficient (Wildman–Crippen LogP) is 5.49. The number of carbonyl (C=O) groups excluding carboxylic acids is 2. The lowest BCUT2D eigenvalue weighted by Gasteiger charge is -2.23. The van der Waals surface area contributed by atoms with Gasteiger partial charge in [0.2, 0.25) is 11.7 Å². The van der Waals surface area contributed by atoms with Gasteiger partial charge in [0.05, 0.1) is 34.6 Å².